The molecule has 1 N–H and O–H groups in total. The second-order valence-electron chi connectivity index (χ2n) is 4.85. The Hall–Kier alpha value is -1.13. The van der Waals surface area contributed by atoms with E-state index in [1.165, 1.54) is 5.56 Å². The average molecular weight is 397 g/mol. The molecule has 0 atom stereocenters. The highest BCUT2D eigenvalue weighted by Gasteiger charge is 2.13. The highest BCUT2D eigenvalue weighted by atomic mass is 79.9. The van der Waals surface area contributed by atoms with E-state index >= 15 is 0 Å². The molecule has 0 heterocycles. The van der Waals surface area contributed by atoms with Crippen LogP contribution in [0.25, 0.3) is 0 Å². The second-order valence-corrected chi connectivity index (χ2v) is 6.62. The third-order valence-corrected chi connectivity index (χ3v) is 4.24. The van der Waals surface area contributed by atoms with Crippen LogP contribution in [0.3, 0.4) is 0 Å². The molecule has 0 aliphatic rings. The summed E-state index contributed by atoms with van der Waals surface area (Å²) in [4.78, 5) is 12.4. The van der Waals surface area contributed by atoms with Gasteiger partial charge in [0.15, 0.2) is 0 Å². The van der Waals surface area contributed by atoms with Crippen molar-refractivity contribution in [1.82, 2.24) is 0 Å². The van der Waals surface area contributed by atoms with Crippen LogP contribution in [0.1, 0.15) is 27.0 Å². The normalized spacial score (nSPS) is 10.4. The lowest BCUT2D eigenvalue weighted by atomic mass is 10.0. The molecule has 2 rings (SSSR count). The maximum absolute atomic E-state index is 12.4. The standard InChI is InChI=1S/C16H15Br2NO/c1-9-6-10(2)15(11(3)7-9)19-16(20)13-5-4-12(17)8-14(13)18/h4-8H,1-3H3,(H,19,20). The number of rotatable bonds is 2. The average Bonchev–Trinajstić information content (AvgIpc) is 2.33. The molecule has 20 heavy (non-hydrogen) atoms. The lowest BCUT2D eigenvalue weighted by Gasteiger charge is -2.13. The van der Waals surface area contributed by atoms with Crippen LogP contribution in [0.4, 0.5) is 5.69 Å². The van der Waals surface area contributed by atoms with Crippen molar-refractivity contribution in [3.8, 4) is 0 Å². The Morgan fingerprint density at radius 3 is 2.15 bits per heavy atom. The number of carbonyl (C=O) groups is 1. The van der Waals surface area contributed by atoms with Gasteiger partial charge in [-0.05, 0) is 66.0 Å². The molecule has 0 spiro atoms. The van der Waals surface area contributed by atoms with Gasteiger partial charge < -0.3 is 5.32 Å². The van der Waals surface area contributed by atoms with E-state index in [-0.39, 0.29) is 5.91 Å². The van der Waals surface area contributed by atoms with Crippen LogP contribution in [-0.2, 0) is 0 Å². The van der Waals surface area contributed by atoms with Crippen molar-refractivity contribution in [2.75, 3.05) is 5.32 Å². The van der Waals surface area contributed by atoms with Crippen LogP contribution in [0.15, 0.2) is 39.3 Å². The molecule has 0 unspecified atom stereocenters. The molecule has 2 aromatic carbocycles. The molecule has 0 aliphatic heterocycles. The second kappa shape index (κ2) is 6.10. The fourth-order valence-corrected chi connectivity index (χ4v) is 3.46. The van der Waals surface area contributed by atoms with E-state index in [1.54, 1.807) is 6.07 Å². The number of hydrogen-bond acceptors (Lipinski definition) is 1. The quantitative estimate of drug-likeness (QED) is 0.724. The van der Waals surface area contributed by atoms with Gasteiger partial charge in [-0.15, -0.1) is 0 Å². The molecule has 0 radical (unpaired) electrons. The number of carbonyl (C=O) groups excluding carboxylic acids is 1. The zero-order valence-corrected chi connectivity index (χ0v) is 14.7. The van der Waals surface area contributed by atoms with Crippen LogP contribution >= 0.6 is 31.9 Å². The summed E-state index contributed by atoms with van der Waals surface area (Å²) in [5.74, 6) is -0.112. The van der Waals surface area contributed by atoms with Crippen molar-refractivity contribution < 1.29 is 4.79 Å². The number of benzene rings is 2. The Labute approximate surface area is 135 Å². The Bertz CT molecular complexity index is 657. The third-order valence-electron chi connectivity index (χ3n) is 3.09. The van der Waals surface area contributed by atoms with E-state index in [0.717, 1.165) is 25.8 Å². The molecule has 0 fully saturated rings. The van der Waals surface area contributed by atoms with E-state index in [4.69, 9.17) is 0 Å². The molecule has 104 valence electrons. The van der Waals surface area contributed by atoms with E-state index in [0.29, 0.717) is 5.56 Å². The number of hydrogen-bond donors (Lipinski definition) is 1. The minimum absolute atomic E-state index is 0.112. The van der Waals surface area contributed by atoms with Crippen molar-refractivity contribution >= 4 is 43.5 Å². The largest absolute Gasteiger partial charge is 0.321 e. The summed E-state index contributed by atoms with van der Waals surface area (Å²) in [6.45, 7) is 6.06. The lowest BCUT2D eigenvalue weighted by Crippen LogP contribution is -2.14. The molecule has 2 aromatic rings. The highest BCUT2D eigenvalue weighted by Crippen LogP contribution is 2.26. The Morgan fingerprint density at radius 1 is 1.00 bits per heavy atom. The van der Waals surface area contributed by atoms with Crippen molar-refractivity contribution in [2.24, 2.45) is 0 Å². The highest BCUT2D eigenvalue weighted by molar-refractivity contribution is 9.11. The first-order chi connectivity index (χ1) is 9.38. The number of anilines is 1. The Morgan fingerprint density at radius 2 is 1.60 bits per heavy atom. The monoisotopic (exact) mass is 395 g/mol. The SMILES string of the molecule is Cc1cc(C)c(NC(=O)c2ccc(Br)cc2Br)c(C)c1. The first-order valence-electron chi connectivity index (χ1n) is 6.22. The van der Waals surface area contributed by atoms with E-state index < -0.39 is 0 Å². The van der Waals surface area contributed by atoms with Crippen LogP contribution < -0.4 is 5.32 Å². The summed E-state index contributed by atoms with van der Waals surface area (Å²) in [6, 6.07) is 9.65. The first-order valence-corrected chi connectivity index (χ1v) is 7.81. The van der Waals surface area contributed by atoms with Crippen molar-refractivity contribution in [3.63, 3.8) is 0 Å². The molecule has 0 saturated heterocycles. The van der Waals surface area contributed by atoms with Gasteiger partial charge in [-0.2, -0.15) is 0 Å². The topological polar surface area (TPSA) is 29.1 Å². The van der Waals surface area contributed by atoms with Gasteiger partial charge >= 0.3 is 0 Å². The van der Waals surface area contributed by atoms with E-state index in [1.807, 2.05) is 26.0 Å². The molecule has 0 aromatic heterocycles. The maximum atomic E-state index is 12.4. The molecule has 0 bridgehead atoms. The summed E-state index contributed by atoms with van der Waals surface area (Å²) >= 11 is 6.80. The van der Waals surface area contributed by atoms with Gasteiger partial charge in [-0.1, -0.05) is 33.6 Å². The van der Waals surface area contributed by atoms with Crippen molar-refractivity contribution in [1.29, 1.82) is 0 Å². The molecule has 0 saturated carbocycles. The van der Waals surface area contributed by atoms with Crippen LogP contribution in [-0.4, -0.2) is 5.91 Å². The maximum Gasteiger partial charge on any atom is 0.256 e. The zero-order chi connectivity index (χ0) is 14.9. The number of aryl methyl sites for hydroxylation is 3. The molecule has 2 nitrogen and oxygen atoms in total. The predicted molar refractivity (Wildman–Crippen MR) is 90.4 cm³/mol. The third kappa shape index (κ3) is 3.30. The van der Waals surface area contributed by atoms with Gasteiger partial charge in [0.2, 0.25) is 0 Å². The van der Waals surface area contributed by atoms with Crippen molar-refractivity contribution in [2.45, 2.75) is 20.8 Å². The Balaban J connectivity index is 2.33. The lowest BCUT2D eigenvalue weighted by molar-refractivity contribution is 0.102. The fraction of sp³-hybridized carbons (Fsp3) is 0.188. The van der Waals surface area contributed by atoms with Gasteiger partial charge in [0, 0.05) is 14.6 Å². The van der Waals surface area contributed by atoms with Gasteiger partial charge in [0.1, 0.15) is 0 Å². The molecule has 0 aliphatic carbocycles. The van der Waals surface area contributed by atoms with Gasteiger partial charge in [0.05, 0.1) is 5.56 Å². The summed E-state index contributed by atoms with van der Waals surface area (Å²) < 4.78 is 1.70. The summed E-state index contributed by atoms with van der Waals surface area (Å²) in [5.41, 5.74) is 4.85. The van der Waals surface area contributed by atoms with Crippen LogP contribution in [0.5, 0.6) is 0 Å². The summed E-state index contributed by atoms with van der Waals surface area (Å²) in [5, 5.41) is 3.00. The number of amides is 1. The van der Waals surface area contributed by atoms with Crippen LogP contribution in [0.2, 0.25) is 0 Å². The summed E-state index contributed by atoms with van der Waals surface area (Å²) in [6.07, 6.45) is 0. The van der Waals surface area contributed by atoms with Gasteiger partial charge in [0.25, 0.3) is 5.91 Å². The number of halogens is 2. The van der Waals surface area contributed by atoms with E-state index in [2.05, 4.69) is 56.2 Å². The van der Waals surface area contributed by atoms with Gasteiger partial charge in [-0.3, -0.25) is 4.79 Å². The van der Waals surface area contributed by atoms with E-state index in [9.17, 15) is 4.79 Å². The fourth-order valence-electron chi connectivity index (χ4n) is 2.23. The Kier molecular flexibility index (Phi) is 4.66. The molecular formula is C16H15Br2NO. The molecular weight excluding hydrogens is 382 g/mol. The molecule has 1 amide bonds. The zero-order valence-electron chi connectivity index (χ0n) is 11.6. The predicted octanol–water partition coefficient (Wildman–Crippen LogP) is 5.39. The minimum atomic E-state index is -0.112. The first kappa shape index (κ1) is 15.3. The minimum Gasteiger partial charge on any atom is -0.321 e. The van der Waals surface area contributed by atoms with Crippen molar-refractivity contribution in [3.05, 3.63) is 61.5 Å². The summed E-state index contributed by atoms with van der Waals surface area (Å²) in [7, 11) is 0. The van der Waals surface area contributed by atoms with Gasteiger partial charge in [-0.25, -0.2) is 0 Å². The molecule has 4 heteroatoms. The van der Waals surface area contributed by atoms with Crippen LogP contribution in [0, 0.1) is 20.8 Å². The smallest absolute Gasteiger partial charge is 0.256 e. The number of nitrogens with one attached hydrogen (secondary N) is 1.